The van der Waals surface area contributed by atoms with Gasteiger partial charge in [-0.15, -0.1) is 0 Å². The summed E-state index contributed by atoms with van der Waals surface area (Å²) in [5.74, 6) is -0.625. The van der Waals surface area contributed by atoms with Crippen molar-refractivity contribution in [2.45, 2.75) is 19.4 Å². The lowest BCUT2D eigenvalue weighted by molar-refractivity contribution is -0.124. The highest BCUT2D eigenvalue weighted by atomic mass is 79.9. The minimum absolute atomic E-state index is 0.151. The summed E-state index contributed by atoms with van der Waals surface area (Å²) in [6.07, 6.45) is 3.43. The van der Waals surface area contributed by atoms with Crippen LogP contribution in [0.2, 0.25) is 0 Å². The van der Waals surface area contributed by atoms with Crippen molar-refractivity contribution < 1.29 is 14.0 Å². The number of anilines is 2. The molecule has 178 valence electrons. The van der Waals surface area contributed by atoms with Gasteiger partial charge in [-0.05, 0) is 71.2 Å². The second kappa shape index (κ2) is 8.03. The van der Waals surface area contributed by atoms with Gasteiger partial charge in [0.15, 0.2) is 5.54 Å². The first-order valence-electron chi connectivity index (χ1n) is 11.6. The average molecular weight is 541 g/mol. The first kappa shape index (κ1) is 22.5. The van der Waals surface area contributed by atoms with Crippen molar-refractivity contribution in [2.24, 2.45) is 0 Å². The molecule has 2 amide bonds. The fraction of sp³-hybridized carbons (Fsp3) is 0.138. The zero-order chi connectivity index (χ0) is 25.2. The summed E-state index contributed by atoms with van der Waals surface area (Å²) in [4.78, 5) is 45.4. The second-order valence-corrected chi connectivity index (χ2v) is 9.91. The third-order valence-corrected chi connectivity index (χ3v) is 7.67. The molecule has 0 bridgehead atoms. The molecule has 6 rings (SSSR count). The van der Waals surface area contributed by atoms with Crippen molar-refractivity contribution in [2.75, 3.05) is 11.4 Å². The normalized spacial score (nSPS) is 18.5. The lowest BCUT2D eigenvalue weighted by Gasteiger charge is -2.33. The summed E-state index contributed by atoms with van der Waals surface area (Å²) >= 11 is 3.46. The van der Waals surface area contributed by atoms with Crippen LogP contribution >= 0.6 is 15.9 Å². The molecule has 1 unspecified atom stereocenters. The van der Waals surface area contributed by atoms with E-state index in [0.717, 1.165) is 11.1 Å². The highest BCUT2D eigenvalue weighted by Gasteiger charge is 2.60. The highest BCUT2D eigenvalue weighted by molar-refractivity contribution is 9.10. The number of nitrogens with zero attached hydrogens (tertiary/aromatic N) is 2. The fourth-order valence-corrected chi connectivity index (χ4v) is 5.80. The zero-order valence-corrected chi connectivity index (χ0v) is 21.2. The van der Waals surface area contributed by atoms with Gasteiger partial charge in [-0.25, -0.2) is 4.90 Å². The van der Waals surface area contributed by atoms with Crippen molar-refractivity contribution in [3.8, 4) is 0 Å². The molecule has 4 aromatic rings. The van der Waals surface area contributed by atoms with Gasteiger partial charge in [0, 0.05) is 11.0 Å². The summed E-state index contributed by atoms with van der Waals surface area (Å²) < 4.78 is 6.91. The number of halogens is 1. The Morgan fingerprint density at radius 2 is 1.64 bits per heavy atom. The van der Waals surface area contributed by atoms with E-state index in [0.29, 0.717) is 26.7 Å². The Morgan fingerprint density at radius 1 is 0.944 bits per heavy atom. The molecule has 1 aromatic heterocycles. The quantitative estimate of drug-likeness (QED) is 0.303. The molecule has 3 aromatic carbocycles. The summed E-state index contributed by atoms with van der Waals surface area (Å²) in [5.41, 5.74) is 1.35. The predicted molar refractivity (Wildman–Crippen MR) is 142 cm³/mol. The molecule has 0 saturated heterocycles. The summed E-state index contributed by atoms with van der Waals surface area (Å²) in [6, 6.07) is 19.7. The lowest BCUT2D eigenvalue weighted by atomic mass is 9.90. The maximum atomic E-state index is 14.5. The fourth-order valence-electron chi connectivity index (χ4n) is 5.35. The number of fused-ring (bicyclic) bond motifs is 3. The summed E-state index contributed by atoms with van der Waals surface area (Å²) in [6.45, 7) is 4.00. The van der Waals surface area contributed by atoms with Crippen LogP contribution in [0.5, 0.6) is 0 Å². The van der Waals surface area contributed by atoms with Gasteiger partial charge >= 0.3 is 0 Å². The third-order valence-electron chi connectivity index (χ3n) is 6.98. The first-order valence-corrected chi connectivity index (χ1v) is 12.4. The number of hydrogen-bond donors (Lipinski definition) is 0. The Morgan fingerprint density at radius 3 is 2.39 bits per heavy atom. The van der Waals surface area contributed by atoms with Crippen LogP contribution in [0.1, 0.15) is 27.0 Å². The molecule has 1 spiro atoms. The van der Waals surface area contributed by atoms with Gasteiger partial charge in [0.25, 0.3) is 11.8 Å². The molecule has 1 atom stereocenters. The topological polar surface area (TPSA) is 70.8 Å². The highest BCUT2D eigenvalue weighted by Crippen LogP contribution is 2.51. The van der Waals surface area contributed by atoms with E-state index in [9.17, 15) is 14.4 Å². The van der Waals surface area contributed by atoms with Crippen LogP contribution in [0.25, 0.3) is 11.0 Å². The number of carbonyl (C=O) groups excluding carboxylic acids is 2. The summed E-state index contributed by atoms with van der Waals surface area (Å²) in [5, 5.41) is 0.361. The Labute approximate surface area is 215 Å². The van der Waals surface area contributed by atoms with E-state index in [1.807, 2.05) is 38.1 Å². The van der Waals surface area contributed by atoms with Gasteiger partial charge in [0.1, 0.15) is 11.1 Å². The Balaban J connectivity index is 1.67. The Kier molecular flexibility index (Phi) is 5.02. The van der Waals surface area contributed by atoms with Gasteiger partial charge in [-0.3, -0.25) is 14.4 Å². The van der Waals surface area contributed by atoms with Gasteiger partial charge in [0.05, 0.1) is 16.6 Å². The van der Waals surface area contributed by atoms with E-state index in [2.05, 4.69) is 15.9 Å². The molecule has 6 nitrogen and oxygen atoms in total. The van der Waals surface area contributed by atoms with Crippen LogP contribution in [-0.4, -0.2) is 23.3 Å². The van der Waals surface area contributed by atoms with E-state index in [1.54, 1.807) is 54.6 Å². The molecule has 7 heteroatoms. The number of carbonyl (C=O) groups is 2. The molecule has 2 aliphatic heterocycles. The van der Waals surface area contributed by atoms with E-state index < -0.39 is 11.4 Å². The third kappa shape index (κ3) is 2.92. The SMILES string of the molecule is Cc1cccc(C)c1N1C(=O)C2(C=CCN2C(=O)c2ccccc2Br)c2c1oc1ccccc1c2=O. The van der Waals surface area contributed by atoms with Crippen molar-refractivity contribution >= 4 is 50.3 Å². The maximum Gasteiger partial charge on any atom is 0.269 e. The molecular weight excluding hydrogens is 520 g/mol. The number of hydrogen-bond acceptors (Lipinski definition) is 4. The first-order chi connectivity index (χ1) is 17.4. The van der Waals surface area contributed by atoms with Crippen molar-refractivity contribution in [1.29, 1.82) is 0 Å². The number of aryl methyl sites for hydroxylation is 2. The van der Waals surface area contributed by atoms with Gasteiger partial charge in [-0.2, -0.15) is 0 Å². The number of rotatable bonds is 2. The molecule has 0 aliphatic carbocycles. The minimum atomic E-state index is -1.62. The van der Waals surface area contributed by atoms with Crippen molar-refractivity contribution in [3.05, 3.63) is 116 Å². The maximum absolute atomic E-state index is 14.5. The molecule has 0 fully saturated rings. The number of amides is 2. The molecular formula is C29H21BrN2O4. The van der Waals surface area contributed by atoms with Crippen LogP contribution in [0.3, 0.4) is 0 Å². The average Bonchev–Trinajstić information content (AvgIpc) is 3.40. The minimum Gasteiger partial charge on any atom is -0.439 e. The van der Waals surface area contributed by atoms with E-state index >= 15 is 0 Å². The molecule has 0 saturated carbocycles. The zero-order valence-electron chi connectivity index (χ0n) is 19.6. The molecule has 2 aliphatic rings. The van der Waals surface area contributed by atoms with Crippen LogP contribution in [-0.2, 0) is 10.3 Å². The molecule has 3 heterocycles. The molecule has 0 N–H and O–H groups in total. The van der Waals surface area contributed by atoms with Gasteiger partial charge < -0.3 is 9.32 Å². The second-order valence-electron chi connectivity index (χ2n) is 9.05. The standard InChI is InChI=1S/C29H21BrN2O4/c1-17-9-7-10-18(2)24(17)32-27-23(25(33)20-12-4-6-14-22(20)36-27)29(28(32)35)15-8-16-31(29)26(34)19-11-3-5-13-21(19)30/h3-15H,16H2,1-2H3. The number of para-hydroxylation sites is 2. The lowest BCUT2D eigenvalue weighted by Crippen LogP contribution is -2.52. The van der Waals surface area contributed by atoms with E-state index in [-0.39, 0.29) is 29.3 Å². The smallest absolute Gasteiger partial charge is 0.269 e. The van der Waals surface area contributed by atoms with Gasteiger partial charge in [-0.1, -0.05) is 48.5 Å². The predicted octanol–water partition coefficient (Wildman–Crippen LogP) is 5.76. The van der Waals surface area contributed by atoms with E-state index in [1.165, 1.54) is 9.80 Å². The van der Waals surface area contributed by atoms with Crippen molar-refractivity contribution in [3.63, 3.8) is 0 Å². The van der Waals surface area contributed by atoms with E-state index in [4.69, 9.17) is 4.42 Å². The molecule has 0 radical (unpaired) electrons. The number of benzene rings is 3. The molecule has 36 heavy (non-hydrogen) atoms. The van der Waals surface area contributed by atoms with Crippen LogP contribution < -0.4 is 10.3 Å². The van der Waals surface area contributed by atoms with Crippen molar-refractivity contribution in [1.82, 2.24) is 4.90 Å². The monoisotopic (exact) mass is 540 g/mol. The summed E-state index contributed by atoms with van der Waals surface area (Å²) in [7, 11) is 0. The van der Waals surface area contributed by atoms with Crippen LogP contribution in [0.15, 0.2) is 92.6 Å². The largest absolute Gasteiger partial charge is 0.439 e. The van der Waals surface area contributed by atoms with Crippen LogP contribution in [0.4, 0.5) is 11.6 Å². The van der Waals surface area contributed by atoms with Gasteiger partial charge in [0.2, 0.25) is 11.3 Å². The Bertz CT molecular complexity index is 1670. The van der Waals surface area contributed by atoms with Crippen LogP contribution in [0, 0.1) is 13.8 Å². The Hall–Kier alpha value is -3.97.